The normalized spacial score (nSPS) is 9.78. The summed E-state index contributed by atoms with van der Waals surface area (Å²) in [6.45, 7) is 0. The van der Waals surface area contributed by atoms with Crippen LogP contribution in [0.5, 0.6) is 11.8 Å². The number of carbonyl (C=O) groups is 1. The van der Waals surface area contributed by atoms with E-state index >= 15 is 0 Å². The van der Waals surface area contributed by atoms with Crippen LogP contribution in [0.15, 0.2) is 42.5 Å². The quantitative estimate of drug-likeness (QED) is 0.610. The molecule has 0 aliphatic heterocycles. The van der Waals surface area contributed by atoms with Gasteiger partial charge in [0, 0.05) is 12.1 Å². The van der Waals surface area contributed by atoms with Crippen LogP contribution in [0.1, 0.15) is 0 Å². The Balaban J connectivity index is 1.90. The zero-order valence-corrected chi connectivity index (χ0v) is 9.20. The van der Waals surface area contributed by atoms with E-state index < -0.39 is 6.09 Å². The molecule has 0 radical (unpaired) electrons. The molecular weight excluding hydrogens is 238 g/mol. The van der Waals surface area contributed by atoms with Gasteiger partial charge in [0.15, 0.2) is 0 Å². The van der Waals surface area contributed by atoms with Gasteiger partial charge in [0.25, 0.3) is 0 Å². The number of aromatic hydroxyl groups is 2. The van der Waals surface area contributed by atoms with Crippen molar-refractivity contribution < 1.29 is 19.8 Å². The van der Waals surface area contributed by atoms with Crippen molar-refractivity contribution in [2.24, 2.45) is 0 Å². The Labute approximate surface area is 102 Å². The van der Waals surface area contributed by atoms with Gasteiger partial charge in [0.1, 0.15) is 0 Å². The van der Waals surface area contributed by atoms with Crippen molar-refractivity contribution in [3.8, 4) is 11.8 Å². The monoisotopic (exact) mass is 249 g/mol. The number of para-hydroxylation sites is 1. The molecule has 2 aromatic rings. The van der Waals surface area contributed by atoms with Crippen molar-refractivity contribution >= 4 is 11.8 Å². The van der Waals surface area contributed by atoms with Crippen LogP contribution < -0.4 is 15.7 Å². The molecule has 0 fully saturated rings. The van der Waals surface area contributed by atoms with E-state index in [0.29, 0.717) is 10.4 Å². The minimum Gasteiger partial charge on any atom is -0.492 e. The molecule has 0 bridgehead atoms. The molecule has 4 N–H and O–H groups in total. The largest absolute Gasteiger partial charge is 0.492 e. The van der Waals surface area contributed by atoms with Gasteiger partial charge < -0.3 is 15.1 Å². The highest BCUT2D eigenvalue weighted by Crippen LogP contribution is 2.18. The van der Waals surface area contributed by atoms with Crippen LogP contribution in [-0.4, -0.2) is 21.0 Å². The van der Waals surface area contributed by atoms with E-state index in [2.05, 4.69) is 15.7 Å². The molecule has 0 unspecified atom stereocenters. The van der Waals surface area contributed by atoms with Crippen molar-refractivity contribution in [3.63, 3.8) is 0 Å². The maximum absolute atomic E-state index is 11.3. The third-order valence-corrected chi connectivity index (χ3v) is 2.05. The Morgan fingerprint density at radius 2 is 1.67 bits per heavy atom. The first-order valence-corrected chi connectivity index (χ1v) is 5.06. The van der Waals surface area contributed by atoms with E-state index in [1.807, 2.05) is 6.07 Å². The molecular formula is C11H11N3O4. The van der Waals surface area contributed by atoms with Crippen molar-refractivity contribution in [2.45, 2.75) is 0 Å². The lowest BCUT2D eigenvalue weighted by Gasteiger charge is -2.09. The average molecular weight is 249 g/mol. The number of carbonyl (C=O) groups excluding carboxylic acids is 1. The summed E-state index contributed by atoms with van der Waals surface area (Å²) >= 11 is 0. The highest BCUT2D eigenvalue weighted by atomic mass is 16.7. The molecule has 0 aliphatic carbocycles. The van der Waals surface area contributed by atoms with Crippen molar-refractivity contribution in [1.29, 1.82) is 0 Å². The predicted octanol–water partition coefficient (Wildman–Crippen LogP) is 1.06. The van der Waals surface area contributed by atoms with Crippen LogP contribution in [0.2, 0.25) is 0 Å². The minimum atomic E-state index is -0.888. The Hall–Kier alpha value is -2.83. The topological polar surface area (TPSA) is 95.8 Å². The predicted molar refractivity (Wildman–Crippen MR) is 62.9 cm³/mol. The lowest BCUT2D eigenvalue weighted by molar-refractivity contribution is 0.110. The number of hydrogen-bond acceptors (Lipinski definition) is 5. The lowest BCUT2D eigenvalue weighted by atomic mass is 10.3. The molecule has 7 heteroatoms. The molecule has 18 heavy (non-hydrogen) atoms. The first-order chi connectivity index (χ1) is 8.66. The fourth-order valence-corrected chi connectivity index (χ4v) is 1.25. The van der Waals surface area contributed by atoms with Gasteiger partial charge in [-0.1, -0.05) is 18.2 Å². The number of nitrogens with zero attached hydrogens (tertiary/aromatic N) is 1. The number of hydrazine groups is 1. The van der Waals surface area contributed by atoms with E-state index in [4.69, 9.17) is 0 Å². The standard InChI is InChI=1S/C11H11N3O4/c15-9-6-7-10(16)14(9)18-11(17)13-12-8-4-2-1-3-5-8/h1-7,12,15-16H,(H,13,17). The van der Waals surface area contributed by atoms with Crippen LogP contribution >= 0.6 is 0 Å². The van der Waals surface area contributed by atoms with Gasteiger partial charge in [-0.25, -0.2) is 10.2 Å². The maximum Gasteiger partial charge on any atom is 0.450 e. The summed E-state index contributed by atoms with van der Waals surface area (Å²) in [5, 5.41) is 18.5. The van der Waals surface area contributed by atoms with Gasteiger partial charge in [0.05, 0.1) is 5.69 Å². The van der Waals surface area contributed by atoms with Crippen LogP contribution in [0, 0.1) is 0 Å². The Kier molecular flexibility index (Phi) is 3.24. The third kappa shape index (κ3) is 2.64. The second-order valence-corrected chi connectivity index (χ2v) is 3.34. The minimum absolute atomic E-state index is 0.387. The van der Waals surface area contributed by atoms with Crippen molar-refractivity contribution in [2.75, 3.05) is 5.43 Å². The zero-order valence-electron chi connectivity index (χ0n) is 9.20. The van der Waals surface area contributed by atoms with Crippen molar-refractivity contribution in [3.05, 3.63) is 42.5 Å². The summed E-state index contributed by atoms with van der Waals surface area (Å²) in [7, 11) is 0. The lowest BCUT2D eigenvalue weighted by Crippen LogP contribution is -2.35. The molecule has 0 aliphatic rings. The number of rotatable bonds is 3. The van der Waals surface area contributed by atoms with Gasteiger partial charge in [0.2, 0.25) is 11.8 Å². The first-order valence-electron chi connectivity index (χ1n) is 5.06. The van der Waals surface area contributed by atoms with Gasteiger partial charge in [-0.15, -0.1) is 4.73 Å². The Bertz CT molecular complexity index is 519. The Morgan fingerprint density at radius 3 is 2.28 bits per heavy atom. The summed E-state index contributed by atoms with van der Waals surface area (Å²) in [5.41, 5.74) is 5.49. The third-order valence-electron chi connectivity index (χ3n) is 2.05. The summed E-state index contributed by atoms with van der Waals surface area (Å²) in [4.78, 5) is 16.0. The molecule has 0 saturated heterocycles. The fraction of sp³-hybridized carbons (Fsp3) is 0. The number of anilines is 1. The first kappa shape index (κ1) is 11.6. The molecule has 2 rings (SSSR count). The van der Waals surface area contributed by atoms with Crippen LogP contribution in [-0.2, 0) is 0 Å². The number of benzene rings is 1. The Morgan fingerprint density at radius 1 is 1.06 bits per heavy atom. The van der Waals surface area contributed by atoms with Gasteiger partial charge in [-0.05, 0) is 12.1 Å². The molecule has 0 saturated carbocycles. The molecule has 1 heterocycles. The molecule has 1 aromatic carbocycles. The SMILES string of the molecule is O=C(NNc1ccccc1)On1c(O)ccc1O. The van der Waals surface area contributed by atoms with Gasteiger partial charge >= 0.3 is 6.09 Å². The van der Waals surface area contributed by atoms with Crippen LogP contribution in [0.25, 0.3) is 0 Å². The van der Waals surface area contributed by atoms with E-state index in [1.165, 1.54) is 12.1 Å². The van der Waals surface area contributed by atoms with E-state index in [-0.39, 0.29) is 11.8 Å². The maximum atomic E-state index is 11.3. The van der Waals surface area contributed by atoms with E-state index in [9.17, 15) is 15.0 Å². The highest BCUT2D eigenvalue weighted by molar-refractivity contribution is 5.69. The molecule has 7 nitrogen and oxygen atoms in total. The number of nitrogens with one attached hydrogen (secondary N) is 2. The summed E-state index contributed by atoms with van der Waals surface area (Å²) in [5.74, 6) is -0.773. The van der Waals surface area contributed by atoms with Gasteiger partial charge in [-0.2, -0.15) is 0 Å². The summed E-state index contributed by atoms with van der Waals surface area (Å²) in [6, 6.07) is 11.3. The number of hydrogen-bond donors (Lipinski definition) is 4. The fourth-order valence-electron chi connectivity index (χ4n) is 1.25. The second-order valence-electron chi connectivity index (χ2n) is 3.34. The molecule has 94 valence electrons. The number of aromatic nitrogens is 1. The van der Waals surface area contributed by atoms with Gasteiger partial charge in [-0.3, -0.25) is 5.43 Å². The summed E-state index contributed by atoms with van der Waals surface area (Å²) < 4.78 is 0.585. The van der Waals surface area contributed by atoms with E-state index in [0.717, 1.165) is 0 Å². The van der Waals surface area contributed by atoms with E-state index in [1.54, 1.807) is 24.3 Å². The summed E-state index contributed by atoms with van der Waals surface area (Å²) in [6.07, 6.45) is -0.888. The average Bonchev–Trinajstić information content (AvgIpc) is 2.69. The zero-order chi connectivity index (χ0) is 13.0. The molecule has 1 amide bonds. The molecule has 0 spiro atoms. The highest BCUT2D eigenvalue weighted by Gasteiger charge is 2.11. The van der Waals surface area contributed by atoms with Crippen molar-refractivity contribution in [1.82, 2.24) is 10.2 Å². The smallest absolute Gasteiger partial charge is 0.450 e. The molecule has 1 aromatic heterocycles. The van der Waals surface area contributed by atoms with Crippen LogP contribution in [0.4, 0.5) is 10.5 Å². The number of amides is 1. The second kappa shape index (κ2) is 5.00. The molecule has 0 atom stereocenters. The van der Waals surface area contributed by atoms with Crippen LogP contribution in [0.3, 0.4) is 0 Å².